The molecule has 5 heteroatoms. The lowest BCUT2D eigenvalue weighted by molar-refractivity contribution is -0.134. The first-order valence-electron chi connectivity index (χ1n) is 8.67. The normalized spacial score (nSPS) is 25.8. The minimum atomic E-state index is -0.672. The van der Waals surface area contributed by atoms with Crippen molar-refractivity contribution < 1.29 is 14.3 Å². The molecule has 2 aromatic rings. The van der Waals surface area contributed by atoms with Gasteiger partial charge < -0.3 is 9.64 Å². The van der Waals surface area contributed by atoms with Crippen molar-refractivity contribution in [3.8, 4) is 0 Å². The molecule has 2 aliphatic heterocycles. The third-order valence-electron chi connectivity index (χ3n) is 5.82. The molecule has 126 valence electrons. The Balaban J connectivity index is 1.44. The van der Waals surface area contributed by atoms with Gasteiger partial charge in [0, 0.05) is 30.9 Å². The summed E-state index contributed by atoms with van der Waals surface area (Å²) in [6.45, 7) is 1.05. The smallest absolute Gasteiger partial charge is 0.339 e. The van der Waals surface area contributed by atoms with Crippen molar-refractivity contribution in [2.75, 3.05) is 13.1 Å². The quantitative estimate of drug-likeness (QED) is 0.792. The fraction of sp³-hybridized carbons (Fsp3) is 0.350. The number of likely N-dealkylation sites (tertiary alicyclic amines) is 1. The molecule has 1 atom stereocenters. The maximum atomic E-state index is 13.2. The van der Waals surface area contributed by atoms with Gasteiger partial charge in [0.1, 0.15) is 0 Å². The summed E-state index contributed by atoms with van der Waals surface area (Å²) in [6.07, 6.45) is 5.89. The molecule has 1 aliphatic carbocycles. The number of rotatable bonds is 2. The van der Waals surface area contributed by atoms with Gasteiger partial charge in [0.2, 0.25) is 5.91 Å². The molecule has 3 aliphatic rings. The number of fused-ring (bicyclic) bond motifs is 2. The molecule has 1 unspecified atom stereocenters. The molecule has 5 nitrogen and oxygen atoms in total. The Morgan fingerprint density at radius 3 is 2.72 bits per heavy atom. The molecular weight excluding hydrogens is 316 g/mol. The van der Waals surface area contributed by atoms with Crippen LogP contribution in [0.1, 0.15) is 40.7 Å². The first-order chi connectivity index (χ1) is 12.1. The van der Waals surface area contributed by atoms with E-state index in [-0.39, 0.29) is 11.9 Å². The van der Waals surface area contributed by atoms with Crippen LogP contribution in [-0.4, -0.2) is 34.8 Å². The van der Waals surface area contributed by atoms with Crippen molar-refractivity contribution in [2.45, 2.75) is 30.3 Å². The second-order valence-electron chi connectivity index (χ2n) is 7.23. The maximum absolute atomic E-state index is 13.2. The number of carbonyl (C=O) groups excluding carboxylic acids is 2. The van der Waals surface area contributed by atoms with Crippen LogP contribution in [0.4, 0.5) is 0 Å². The van der Waals surface area contributed by atoms with Crippen LogP contribution in [0.3, 0.4) is 0 Å². The molecule has 1 spiro atoms. The fourth-order valence-corrected chi connectivity index (χ4v) is 4.30. The van der Waals surface area contributed by atoms with E-state index in [0.717, 1.165) is 24.0 Å². The Kier molecular flexibility index (Phi) is 2.87. The average Bonchev–Trinajstić information content (AvgIpc) is 3.29. The van der Waals surface area contributed by atoms with Crippen molar-refractivity contribution >= 4 is 11.9 Å². The summed E-state index contributed by atoms with van der Waals surface area (Å²) in [7, 11) is 0. The van der Waals surface area contributed by atoms with Crippen molar-refractivity contribution in [1.82, 2.24) is 9.88 Å². The van der Waals surface area contributed by atoms with E-state index in [2.05, 4.69) is 4.98 Å². The van der Waals surface area contributed by atoms with Crippen LogP contribution >= 0.6 is 0 Å². The second-order valence-corrected chi connectivity index (χ2v) is 7.23. The summed E-state index contributed by atoms with van der Waals surface area (Å²) < 4.78 is 5.75. The highest BCUT2D eigenvalue weighted by atomic mass is 16.6. The molecule has 0 radical (unpaired) electrons. The predicted octanol–water partition coefficient (Wildman–Crippen LogP) is 2.41. The molecule has 1 aromatic carbocycles. The zero-order valence-corrected chi connectivity index (χ0v) is 13.8. The van der Waals surface area contributed by atoms with Crippen molar-refractivity contribution in [3.05, 3.63) is 65.5 Å². The SMILES string of the molecule is O=C1OC2(CCN(C(=O)C3(c4cccnc4)CC3)C2)c2ccccc21. The lowest BCUT2D eigenvalue weighted by Crippen LogP contribution is -2.40. The van der Waals surface area contributed by atoms with Gasteiger partial charge in [-0.25, -0.2) is 4.79 Å². The number of amides is 1. The number of benzene rings is 1. The Bertz CT molecular complexity index is 876. The van der Waals surface area contributed by atoms with Crippen LogP contribution < -0.4 is 0 Å². The summed E-state index contributed by atoms with van der Waals surface area (Å²) >= 11 is 0. The molecule has 5 rings (SSSR count). The Morgan fingerprint density at radius 2 is 1.96 bits per heavy atom. The highest BCUT2D eigenvalue weighted by molar-refractivity contribution is 5.95. The van der Waals surface area contributed by atoms with Crippen LogP contribution in [0.25, 0.3) is 0 Å². The number of aromatic nitrogens is 1. The van der Waals surface area contributed by atoms with E-state index in [1.54, 1.807) is 18.5 Å². The molecule has 3 heterocycles. The summed E-state index contributed by atoms with van der Waals surface area (Å²) in [4.78, 5) is 31.5. The van der Waals surface area contributed by atoms with E-state index < -0.39 is 11.0 Å². The Morgan fingerprint density at radius 1 is 1.12 bits per heavy atom. The summed E-state index contributed by atoms with van der Waals surface area (Å²) in [6, 6.07) is 11.4. The van der Waals surface area contributed by atoms with Gasteiger partial charge in [-0.15, -0.1) is 0 Å². The van der Waals surface area contributed by atoms with E-state index >= 15 is 0 Å². The van der Waals surface area contributed by atoms with E-state index in [9.17, 15) is 9.59 Å². The molecule has 1 saturated carbocycles. The van der Waals surface area contributed by atoms with E-state index in [4.69, 9.17) is 4.74 Å². The molecule has 0 bridgehead atoms. The summed E-state index contributed by atoms with van der Waals surface area (Å²) in [5.74, 6) is -0.143. The number of hydrogen-bond acceptors (Lipinski definition) is 4. The molecule has 1 amide bonds. The summed E-state index contributed by atoms with van der Waals surface area (Å²) in [5.41, 5.74) is 1.44. The largest absolute Gasteiger partial charge is 0.449 e. The van der Waals surface area contributed by atoms with Crippen LogP contribution in [0.2, 0.25) is 0 Å². The van der Waals surface area contributed by atoms with Crippen molar-refractivity contribution in [1.29, 1.82) is 0 Å². The van der Waals surface area contributed by atoms with E-state index in [0.29, 0.717) is 25.1 Å². The number of pyridine rings is 1. The first kappa shape index (κ1) is 14.6. The van der Waals surface area contributed by atoms with Crippen molar-refractivity contribution in [2.24, 2.45) is 0 Å². The zero-order chi connectivity index (χ0) is 17.1. The number of ether oxygens (including phenoxy) is 1. The topological polar surface area (TPSA) is 59.5 Å². The number of esters is 1. The average molecular weight is 334 g/mol. The zero-order valence-electron chi connectivity index (χ0n) is 13.8. The Hall–Kier alpha value is -2.69. The standard InChI is InChI=1S/C20H18N2O3/c23-17-15-5-1-2-6-16(15)20(25-17)9-11-22(13-20)18(24)19(7-8-19)14-4-3-10-21-12-14/h1-6,10,12H,7-9,11,13H2. The number of nitrogens with zero attached hydrogens (tertiary/aromatic N) is 2. The molecule has 1 saturated heterocycles. The number of hydrogen-bond donors (Lipinski definition) is 0. The lowest BCUT2D eigenvalue weighted by Gasteiger charge is -2.26. The van der Waals surface area contributed by atoms with Gasteiger partial charge in [0.15, 0.2) is 5.60 Å². The van der Waals surface area contributed by atoms with Crippen LogP contribution in [0.15, 0.2) is 48.8 Å². The third kappa shape index (κ3) is 1.98. The maximum Gasteiger partial charge on any atom is 0.339 e. The minimum Gasteiger partial charge on any atom is -0.449 e. The highest BCUT2D eigenvalue weighted by Gasteiger charge is 2.57. The fourth-order valence-electron chi connectivity index (χ4n) is 4.30. The third-order valence-corrected chi connectivity index (χ3v) is 5.82. The summed E-state index contributed by atoms with van der Waals surface area (Å²) in [5, 5.41) is 0. The van der Waals surface area contributed by atoms with Gasteiger partial charge in [0.25, 0.3) is 0 Å². The predicted molar refractivity (Wildman–Crippen MR) is 89.9 cm³/mol. The van der Waals surface area contributed by atoms with Gasteiger partial charge in [-0.2, -0.15) is 0 Å². The van der Waals surface area contributed by atoms with Gasteiger partial charge in [0.05, 0.1) is 17.5 Å². The number of carbonyl (C=O) groups is 2. The molecule has 25 heavy (non-hydrogen) atoms. The highest BCUT2D eigenvalue weighted by Crippen LogP contribution is 2.51. The van der Waals surface area contributed by atoms with Gasteiger partial charge in [-0.1, -0.05) is 24.3 Å². The minimum absolute atomic E-state index is 0.137. The van der Waals surface area contributed by atoms with Gasteiger partial charge in [-0.3, -0.25) is 9.78 Å². The van der Waals surface area contributed by atoms with E-state index in [1.165, 1.54) is 0 Å². The van der Waals surface area contributed by atoms with Gasteiger partial charge >= 0.3 is 5.97 Å². The first-order valence-corrected chi connectivity index (χ1v) is 8.67. The van der Waals surface area contributed by atoms with Crippen LogP contribution in [-0.2, 0) is 20.5 Å². The van der Waals surface area contributed by atoms with Crippen LogP contribution in [0.5, 0.6) is 0 Å². The molecule has 2 fully saturated rings. The monoisotopic (exact) mass is 334 g/mol. The van der Waals surface area contributed by atoms with Crippen molar-refractivity contribution in [3.63, 3.8) is 0 Å². The van der Waals surface area contributed by atoms with Crippen LogP contribution in [0, 0.1) is 0 Å². The molecule has 0 N–H and O–H groups in total. The molecule has 1 aromatic heterocycles. The lowest BCUT2D eigenvalue weighted by atomic mass is 9.91. The second kappa shape index (κ2) is 4.91. The Labute approximate surface area is 145 Å². The molecular formula is C20H18N2O3. The van der Waals surface area contributed by atoms with E-state index in [1.807, 2.05) is 35.2 Å². The van der Waals surface area contributed by atoms with Gasteiger partial charge in [-0.05, 0) is 30.5 Å².